The molecule has 1 heterocycles. The van der Waals surface area contributed by atoms with Crippen LogP contribution in [-0.4, -0.2) is 122 Å². The summed E-state index contributed by atoms with van der Waals surface area (Å²) in [6.07, 6.45) is -5.66. The molecule has 1 aliphatic rings. The summed E-state index contributed by atoms with van der Waals surface area (Å²) in [6, 6.07) is -3.64. The third kappa shape index (κ3) is 9.16. The van der Waals surface area contributed by atoms with Crippen LogP contribution >= 0.6 is 0 Å². The summed E-state index contributed by atoms with van der Waals surface area (Å²) in [4.78, 5) is 50.8. The van der Waals surface area contributed by atoms with Crippen LogP contribution in [0.1, 0.15) is 53.4 Å². The van der Waals surface area contributed by atoms with Crippen molar-refractivity contribution in [2.45, 2.75) is 102 Å². The van der Waals surface area contributed by atoms with Crippen molar-refractivity contribution in [3.8, 4) is 0 Å². The molecule has 37 heavy (non-hydrogen) atoms. The number of aliphatic hydroxyl groups excluding tert-OH is 3. The van der Waals surface area contributed by atoms with Gasteiger partial charge in [0.2, 0.25) is 17.7 Å². The normalized spacial score (nSPS) is 26.1. The second kappa shape index (κ2) is 15.1. The van der Waals surface area contributed by atoms with Gasteiger partial charge in [-0.2, -0.15) is 0 Å². The Labute approximate surface area is 216 Å². The van der Waals surface area contributed by atoms with E-state index in [1.807, 2.05) is 6.92 Å². The number of aliphatic carboxylic acids is 1. The van der Waals surface area contributed by atoms with Crippen molar-refractivity contribution in [1.29, 1.82) is 0 Å². The van der Waals surface area contributed by atoms with Crippen LogP contribution in [0, 0.1) is 0 Å². The number of carbonyl (C=O) groups excluding carboxylic acids is 3. The third-order valence-electron chi connectivity index (χ3n) is 6.20. The van der Waals surface area contributed by atoms with Gasteiger partial charge in [0.25, 0.3) is 0 Å². The lowest BCUT2D eigenvalue weighted by Crippen LogP contribution is -2.66. The van der Waals surface area contributed by atoms with Crippen molar-refractivity contribution in [3.63, 3.8) is 0 Å². The van der Waals surface area contributed by atoms with Gasteiger partial charge in [-0.1, -0.05) is 13.3 Å². The number of aliphatic hydroxyl groups is 3. The van der Waals surface area contributed by atoms with Crippen molar-refractivity contribution < 1.29 is 49.1 Å². The van der Waals surface area contributed by atoms with Crippen LogP contribution in [0.3, 0.4) is 0 Å². The van der Waals surface area contributed by atoms with E-state index in [0.29, 0.717) is 6.42 Å². The molecule has 14 nitrogen and oxygen atoms in total. The highest BCUT2D eigenvalue weighted by atomic mass is 16.6. The number of primary amides is 1. The molecule has 0 bridgehead atoms. The molecule has 3 amide bonds. The number of nitrogens with two attached hydrogens (primary N) is 2. The van der Waals surface area contributed by atoms with Gasteiger partial charge < -0.3 is 51.2 Å². The van der Waals surface area contributed by atoms with E-state index in [1.165, 1.54) is 25.7 Å². The molecule has 0 spiro atoms. The minimum absolute atomic E-state index is 0.241. The Kier molecular flexibility index (Phi) is 13.4. The summed E-state index contributed by atoms with van der Waals surface area (Å²) < 4.78 is 11.4. The van der Waals surface area contributed by atoms with E-state index in [9.17, 15) is 39.6 Å². The maximum atomic E-state index is 12.8. The SMILES string of the molecule is CCCCN(C(C)=O)[C@@H]1[C@@H](OC(C)CN(C(=O)[C@H](C)N)[C@H](CCC(N)=O)C(=O)O)[C@H](O)[C@@H](CO)O[C@@H]1O. The molecule has 0 radical (unpaired) electrons. The minimum atomic E-state index is -1.59. The van der Waals surface area contributed by atoms with E-state index in [4.69, 9.17) is 20.9 Å². The van der Waals surface area contributed by atoms with Gasteiger partial charge in [-0.05, 0) is 26.7 Å². The van der Waals surface area contributed by atoms with Gasteiger partial charge in [-0.25, -0.2) is 4.79 Å². The minimum Gasteiger partial charge on any atom is -0.480 e. The molecular weight excluding hydrogens is 492 g/mol. The van der Waals surface area contributed by atoms with E-state index in [2.05, 4.69) is 0 Å². The van der Waals surface area contributed by atoms with E-state index >= 15 is 0 Å². The number of amides is 3. The lowest BCUT2D eigenvalue weighted by atomic mass is 9.94. The van der Waals surface area contributed by atoms with E-state index in [-0.39, 0.29) is 25.9 Å². The van der Waals surface area contributed by atoms with Crippen LogP contribution in [0.15, 0.2) is 0 Å². The molecule has 0 aromatic carbocycles. The van der Waals surface area contributed by atoms with Crippen molar-refractivity contribution in [1.82, 2.24) is 9.80 Å². The lowest BCUT2D eigenvalue weighted by molar-refractivity contribution is -0.283. The largest absolute Gasteiger partial charge is 0.480 e. The Bertz CT molecular complexity index is 783. The number of rotatable bonds is 15. The van der Waals surface area contributed by atoms with Gasteiger partial charge in [0.1, 0.15) is 30.4 Å². The van der Waals surface area contributed by atoms with Crippen molar-refractivity contribution in [2.24, 2.45) is 11.5 Å². The predicted octanol–water partition coefficient (Wildman–Crippen LogP) is -2.26. The first-order chi connectivity index (χ1) is 17.3. The van der Waals surface area contributed by atoms with Crippen LogP contribution in [0.4, 0.5) is 0 Å². The first kappa shape index (κ1) is 32.7. The standard InChI is InChI=1S/C23H42N4O10/c1-5-6-9-26(14(4)29)18-20(19(31)16(11-28)37-23(18)35)36-12(2)10-27(21(32)13(3)24)15(22(33)34)7-8-17(25)30/h12-13,15-16,18-20,23,28,31,35H,5-11,24H2,1-4H3,(H2,25,30)(H,33,34)/t12?,13-,15+,16+,18+,19+,20+,23-/m0/s1. The molecule has 8 N–H and O–H groups in total. The Hall–Kier alpha value is -2.36. The van der Waals surface area contributed by atoms with Gasteiger partial charge >= 0.3 is 5.97 Å². The Morgan fingerprint density at radius 1 is 1.16 bits per heavy atom. The highest BCUT2D eigenvalue weighted by Gasteiger charge is 2.49. The van der Waals surface area contributed by atoms with Crippen LogP contribution in [0.25, 0.3) is 0 Å². The zero-order chi connectivity index (χ0) is 28.4. The molecule has 0 aliphatic carbocycles. The first-order valence-electron chi connectivity index (χ1n) is 12.4. The molecule has 214 valence electrons. The second-order valence-electron chi connectivity index (χ2n) is 9.34. The number of hydrogen-bond donors (Lipinski definition) is 6. The summed E-state index contributed by atoms with van der Waals surface area (Å²) in [6.45, 7) is 5.41. The summed E-state index contributed by atoms with van der Waals surface area (Å²) >= 11 is 0. The first-order valence-corrected chi connectivity index (χ1v) is 12.4. The molecule has 14 heteroatoms. The predicted molar refractivity (Wildman–Crippen MR) is 130 cm³/mol. The zero-order valence-electron chi connectivity index (χ0n) is 21.9. The summed E-state index contributed by atoms with van der Waals surface area (Å²) in [7, 11) is 0. The Morgan fingerprint density at radius 2 is 1.78 bits per heavy atom. The van der Waals surface area contributed by atoms with Crippen LogP contribution in [0.2, 0.25) is 0 Å². The number of carboxylic acids is 1. The summed E-state index contributed by atoms with van der Waals surface area (Å²) in [5.74, 6) is -3.22. The van der Waals surface area contributed by atoms with Gasteiger partial charge in [0, 0.05) is 26.4 Å². The van der Waals surface area contributed by atoms with Gasteiger partial charge in [-0.3, -0.25) is 14.4 Å². The fraction of sp³-hybridized carbons (Fsp3) is 0.826. The van der Waals surface area contributed by atoms with Gasteiger partial charge in [0.05, 0.1) is 18.8 Å². The molecule has 1 aliphatic heterocycles. The molecule has 1 fully saturated rings. The zero-order valence-corrected chi connectivity index (χ0v) is 21.9. The van der Waals surface area contributed by atoms with Crippen LogP contribution in [-0.2, 0) is 28.7 Å². The number of hydrogen-bond acceptors (Lipinski definition) is 10. The van der Waals surface area contributed by atoms with Crippen molar-refractivity contribution >= 4 is 23.7 Å². The topological polar surface area (TPSA) is 226 Å². The molecule has 0 saturated carbocycles. The summed E-state index contributed by atoms with van der Waals surface area (Å²) in [5.41, 5.74) is 10.9. The van der Waals surface area contributed by atoms with E-state index in [1.54, 1.807) is 0 Å². The maximum absolute atomic E-state index is 12.8. The highest BCUT2D eigenvalue weighted by Crippen LogP contribution is 2.28. The van der Waals surface area contributed by atoms with Crippen LogP contribution in [0.5, 0.6) is 0 Å². The Balaban J connectivity index is 3.29. The maximum Gasteiger partial charge on any atom is 0.326 e. The lowest BCUT2D eigenvalue weighted by Gasteiger charge is -2.47. The highest BCUT2D eigenvalue weighted by molar-refractivity contribution is 5.87. The fourth-order valence-electron chi connectivity index (χ4n) is 4.32. The number of carbonyl (C=O) groups is 4. The molecular formula is C23H42N4O10. The summed E-state index contributed by atoms with van der Waals surface area (Å²) in [5, 5.41) is 40.9. The van der Waals surface area contributed by atoms with E-state index < -0.39 is 79.1 Å². The number of carboxylic acid groups (broad SMARTS) is 1. The monoisotopic (exact) mass is 534 g/mol. The smallest absolute Gasteiger partial charge is 0.326 e. The number of ether oxygens (including phenoxy) is 2. The molecule has 8 atom stereocenters. The average Bonchev–Trinajstić information content (AvgIpc) is 2.80. The molecule has 0 aromatic rings. The molecule has 1 saturated heterocycles. The van der Waals surface area contributed by atoms with Crippen molar-refractivity contribution in [3.05, 3.63) is 0 Å². The second-order valence-corrected chi connectivity index (χ2v) is 9.34. The average molecular weight is 535 g/mol. The third-order valence-corrected chi connectivity index (χ3v) is 6.20. The quantitative estimate of drug-likeness (QED) is 0.131. The van der Waals surface area contributed by atoms with Gasteiger partial charge in [-0.15, -0.1) is 0 Å². The molecule has 1 unspecified atom stereocenters. The van der Waals surface area contributed by atoms with E-state index in [0.717, 1.165) is 11.3 Å². The van der Waals surface area contributed by atoms with Crippen LogP contribution < -0.4 is 11.5 Å². The molecule has 0 aromatic heterocycles. The molecule has 1 rings (SSSR count). The fourth-order valence-corrected chi connectivity index (χ4v) is 4.32. The number of unbranched alkanes of at least 4 members (excludes halogenated alkanes) is 1. The Morgan fingerprint density at radius 3 is 2.24 bits per heavy atom. The van der Waals surface area contributed by atoms with Gasteiger partial charge in [0.15, 0.2) is 6.29 Å². The van der Waals surface area contributed by atoms with Crippen molar-refractivity contribution in [2.75, 3.05) is 19.7 Å². The number of nitrogens with zero attached hydrogens (tertiary/aromatic N) is 2.